The molecule has 1 aliphatic rings. The first-order chi connectivity index (χ1) is 7.02. The van der Waals surface area contributed by atoms with Crippen molar-refractivity contribution in [3.05, 3.63) is 33.8 Å². The van der Waals surface area contributed by atoms with Crippen molar-refractivity contribution in [2.75, 3.05) is 0 Å². The van der Waals surface area contributed by atoms with Gasteiger partial charge in [-0.05, 0) is 53.7 Å². The smallest absolute Gasteiger partial charge is 0.143 e. The highest BCUT2D eigenvalue weighted by molar-refractivity contribution is 9.10. The Hall–Kier alpha value is -0.480. The summed E-state index contributed by atoms with van der Waals surface area (Å²) in [6.07, 6.45) is 3.02. The Morgan fingerprint density at radius 3 is 2.53 bits per heavy atom. The van der Waals surface area contributed by atoms with Gasteiger partial charge in [0.25, 0.3) is 0 Å². The van der Waals surface area contributed by atoms with Crippen LogP contribution in [-0.2, 0) is 6.42 Å². The molecule has 0 radical (unpaired) electrons. The van der Waals surface area contributed by atoms with Crippen molar-refractivity contribution in [3.63, 3.8) is 0 Å². The molecule has 0 bridgehead atoms. The number of halogens is 3. The van der Waals surface area contributed by atoms with Crippen molar-refractivity contribution >= 4 is 15.9 Å². The number of hydrogen-bond acceptors (Lipinski definition) is 1. The third-order valence-corrected chi connectivity index (χ3v) is 3.63. The number of nitrogens with two attached hydrogens (primary N) is 1. The second-order valence-electron chi connectivity index (χ2n) is 4.21. The summed E-state index contributed by atoms with van der Waals surface area (Å²) in [5.41, 5.74) is 5.68. The molecule has 0 amide bonds. The summed E-state index contributed by atoms with van der Waals surface area (Å²) in [4.78, 5) is 0. The quantitative estimate of drug-likeness (QED) is 0.825. The van der Waals surface area contributed by atoms with E-state index >= 15 is 0 Å². The second-order valence-corrected chi connectivity index (χ2v) is 5.07. The van der Waals surface area contributed by atoms with Crippen LogP contribution in [0.15, 0.2) is 16.6 Å². The van der Waals surface area contributed by atoms with Gasteiger partial charge in [-0.3, -0.25) is 0 Å². The van der Waals surface area contributed by atoms with E-state index in [1.807, 2.05) is 0 Å². The first kappa shape index (κ1) is 11.0. The van der Waals surface area contributed by atoms with Crippen molar-refractivity contribution < 1.29 is 8.78 Å². The van der Waals surface area contributed by atoms with Crippen LogP contribution >= 0.6 is 15.9 Å². The Bertz CT molecular complexity index is 388. The Morgan fingerprint density at radius 2 is 2.00 bits per heavy atom. The first-order valence-corrected chi connectivity index (χ1v) is 5.72. The summed E-state index contributed by atoms with van der Waals surface area (Å²) >= 11 is 3.05. The molecule has 1 nitrogen and oxygen atoms in total. The van der Waals surface area contributed by atoms with Crippen molar-refractivity contribution in [2.45, 2.75) is 31.2 Å². The van der Waals surface area contributed by atoms with Gasteiger partial charge in [-0.1, -0.05) is 0 Å². The Kier molecular flexibility index (Phi) is 2.81. The summed E-state index contributed by atoms with van der Waals surface area (Å²) in [7, 11) is 0. The van der Waals surface area contributed by atoms with Crippen molar-refractivity contribution in [3.8, 4) is 0 Å². The molecule has 2 N–H and O–H groups in total. The molecular weight excluding hydrogens is 264 g/mol. The van der Waals surface area contributed by atoms with Crippen LogP contribution < -0.4 is 5.73 Å². The maximum absolute atomic E-state index is 13.6. The van der Waals surface area contributed by atoms with E-state index in [2.05, 4.69) is 15.9 Å². The van der Waals surface area contributed by atoms with Gasteiger partial charge in [0.05, 0.1) is 4.47 Å². The van der Waals surface area contributed by atoms with E-state index in [1.54, 1.807) is 0 Å². The van der Waals surface area contributed by atoms with Gasteiger partial charge >= 0.3 is 0 Å². The lowest BCUT2D eigenvalue weighted by atomic mass is 9.73. The Balaban J connectivity index is 2.30. The van der Waals surface area contributed by atoms with Crippen LogP contribution in [0, 0.1) is 11.6 Å². The number of hydrogen-bond donors (Lipinski definition) is 1. The van der Waals surface area contributed by atoms with Crippen molar-refractivity contribution in [1.82, 2.24) is 0 Å². The summed E-state index contributed by atoms with van der Waals surface area (Å²) in [6.45, 7) is 0. The molecule has 2 rings (SSSR count). The van der Waals surface area contributed by atoms with E-state index in [0.29, 0.717) is 4.47 Å². The largest absolute Gasteiger partial charge is 0.325 e. The maximum atomic E-state index is 13.6. The van der Waals surface area contributed by atoms with Crippen LogP contribution in [0.2, 0.25) is 0 Å². The highest BCUT2D eigenvalue weighted by atomic mass is 79.9. The molecule has 0 aromatic heterocycles. The molecule has 0 unspecified atom stereocenters. The van der Waals surface area contributed by atoms with E-state index in [1.165, 1.54) is 12.1 Å². The summed E-state index contributed by atoms with van der Waals surface area (Å²) in [6, 6.07) is 2.64. The van der Waals surface area contributed by atoms with Gasteiger partial charge in [0.1, 0.15) is 11.6 Å². The lowest BCUT2D eigenvalue weighted by Crippen LogP contribution is -2.48. The summed E-state index contributed by atoms with van der Waals surface area (Å²) in [5.74, 6) is -1.03. The van der Waals surface area contributed by atoms with Gasteiger partial charge in [-0.25, -0.2) is 8.78 Å². The molecule has 1 aliphatic carbocycles. The molecule has 1 aromatic rings. The predicted octanol–water partition coefficient (Wildman–Crippen LogP) is 3.15. The van der Waals surface area contributed by atoms with Crippen LogP contribution in [0.1, 0.15) is 24.8 Å². The van der Waals surface area contributed by atoms with Crippen molar-refractivity contribution in [2.24, 2.45) is 5.73 Å². The molecule has 1 fully saturated rings. The average molecular weight is 276 g/mol. The number of rotatable bonds is 2. The summed E-state index contributed by atoms with van der Waals surface area (Å²) < 4.78 is 27.3. The third-order valence-electron chi connectivity index (χ3n) is 3.02. The van der Waals surface area contributed by atoms with Gasteiger partial charge in [0.2, 0.25) is 0 Å². The van der Waals surface area contributed by atoms with Crippen LogP contribution in [0.4, 0.5) is 8.78 Å². The van der Waals surface area contributed by atoms with E-state index < -0.39 is 17.2 Å². The highest BCUT2D eigenvalue weighted by Gasteiger charge is 2.34. The fourth-order valence-electron chi connectivity index (χ4n) is 1.89. The Labute approximate surface area is 95.8 Å². The van der Waals surface area contributed by atoms with Crippen LogP contribution in [0.5, 0.6) is 0 Å². The fourth-order valence-corrected chi connectivity index (χ4v) is 2.26. The van der Waals surface area contributed by atoms with E-state index in [4.69, 9.17) is 5.73 Å². The minimum Gasteiger partial charge on any atom is -0.325 e. The molecule has 0 saturated heterocycles. The molecule has 1 saturated carbocycles. The maximum Gasteiger partial charge on any atom is 0.143 e. The predicted molar refractivity (Wildman–Crippen MR) is 58.5 cm³/mol. The number of benzene rings is 1. The monoisotopic (exact) mass is 275 g/mol. The van der Waals surface area contributed by atoms with Gasteiger partial charge in [0, 0.05) is 11.1 Å². The Morgan fingerprint density at radius 1 is 1.33 bits per heavy atom. The molecule has 15 heavy (non-hydrogen) atoms. The van der Waals surface area contributed by atoms with Gasteiger partial charge in [-0.2, -0.15) is 0 Å². The normalized spacial score (nSPS) is 18.7. The topological polar surface area (TPSA) is 26.0 Å². The third kappa shape index (κ3) is 2.06. The lowest BCUT2D eigenvalue weighted by molar-refractivity contribution is 0.242. The van der Waals surface area contributed by atoms with E-state index in [-0.39, 0.29) is 12.0 Å². The molecule has 82 valence electrons. The first-order valence-electron chi connectivity index (χ1n) is 4.93. The van der Waals surface area contributed by atoms with Crippen LogP contribution in [-0.4, -0.2) is 5.54 Å². The van der Waals surface area contributed by atoms with Gasteiger partial charge in [0.15, 0.2) is 0 Å². The standard InChI is InChI=1S/C11H12BrF2N/c12-8-2-3-9(13)7(10(8)14)6-11(15)4-1-5-11/h2-3H,1,4-6,15H2. The van der Waals surface area contributed by atoms with Gasteiger partial charge < -0.3 is 5.73 Å². The van der Waals surface area contributed by atoms with E-state index in [9.17, 15) is 8.78 Å². The molecule has 0 atom stereocenters. The minimum absolute atomic E-state index is 0.103. The van der Waals surface area contributed by atoms with E-state index in [0.717, 1.165) is 19.3 Å². The zero-order valence-corrected chi connectivity index (χ0v) is 9.78. The minimum atomic E-state index is -0.522. The second kappa shape index (κ2) is 3.83. The zero-order valence-electron chi connectivity index (χ0n) is 8.19. The van der Waals surface area contributed by atoms with Crippen LogP contribution in [0.3, 0.4) is 0 Å². The van der Waals surface area contributed by atoms with Crippen LogP contribution in [0.25, 0.3) is 0 Å². The molecule has 0 heterocycles. The molecule has 0 aliphatic heterocycles. The highest BCUT2D eigenvalue weighted by Crippen LogP contribution is 2.34. The zero-order chi connectivity index (χ0) is 11.1. The van der Waals surface area contributed by atoms with Crippen molar-refractivity contribution in [1.29, 1.82) is 0 Å². The SMILES string of the molecule is NC1(Cc2c(F)ccc(Br)c2F)CCC1. The average Bonchev–Trinajstić information content (AvgIpc) is 2.16. The molecular formula is C11H12BrF2N. The van der Waals surface area contributed by atoms with Gasteiger partial charge in [-0.15, -0.1) is 0 Å². The molecule has 1 aromatic carbocycles. The molecule has 0 spiro atoms. The molecule has 4 heteroatoms. The summed E-state index contributed by atoms with van der Waals surface area (Å²) in [5, 5.41) is 0. The fraction of sp³-hybridized carbons (Fsp3) is 0.455. The lowest BCUT2D eigenvalue weighted by Gasteiger charge is -2.38.